The summed E-state index contributed by atoms with van der Waals surface area (Å²) in [6, 6.07) is 8.05. The van der Waals surface area contributed by atoms with Gasteiger partial charge < -0.3 is 10.2 Å². The van der Waals surface area contributed by atoms with E-state index in [1.54, 1.807) is 22.9 Å². The van der Waals surface area contributed by atoms with Gasteiger partial charge in [0, 0.05) is 37.5 Å². The lowest BCUT2D eigenvalue weighted by Gasteiger charge is -2.25. The predicted molar refractivity (Wildman–Crippen MR) is 91.2 cm³/mol. The number of aromatic nitrogens is 1. The second-order valence-electron chi connectivity index (χ2n) is 5.04. The van der Waals surface area contributed by atoms with Crippen LogP contribution in [0.4, 0.5) is 5.82 Å². The fourth-order valence-electron chi connectivity index (χ4n) is 2.31. The molecule has 2 aromatic rings. The van der Waals surface area contributed by atoms with Gasteiger partial charge in [0.1, 0.15) is 5.82 Å². The van der Waals surface area contributed by atoms with Crippen molar-refractivity contribution in [1.82, 2.24) is 9.88 Å². The van der Waals surface area contributed by atoms with Crippen LogP contribution in [0, 0.1) is 0 Å². The van der Waals surface area contributed by atoms with Gasteiger partial charge in [-0.15, -0.1) is 0 Å². The molecule has 1 atom stereocenters. The van der Waals surface area contributed by atoms with E-state index in [1.807, 2.05) is 44.6 Å². The van der Waals surface area contributed by atoms with Crippen molar-refractivity contribution in [2.75, 3.05) is 31.4 Å². The third kappa shape index (κ3) is 3.13. The number of rotatable bonds is 5. The Kier molecular flexibility index (Phi) is 5.07. The molecule has 0 aliphatic heterocycles. The molecule has 1 aromatic carbocycles. The number of amides is 1. The molecule has 0 aliphatic carbocycles. The van der Waals surface area contributed by atoms with Gasteiger partial charge >= 0.3 is 0 Å². The first-order valence-electron chi connectivity index (χ1n) is 6.91. The first kappa shape index (κ1) is 15.6. The van der Waals surface area contributed by atoms with E-state index < -0.39 is 0 Å². The van der Waals surface area contributed by atoms with Crippen molar-refractivity contribution < 1.29 is 4.79 Å². The summed E-state index contributed by atoms with van der Waals surface area (Å²) >= 11 is 1.74. The lowest BCUT2D eigenvalue weighted by atomic mass is 10.1. The number of benzene rings is 1. The lowest BCUT2D eigenvalue weighted by Crippen LogP contribution is -2.36. The molecular weight excluding hydrogens is 282 g/mol. The van der Waals surface area contributed by atoms with Crippen molar-refractivity contribution in [1.29, 1.82) is 0 Å². The maximum atomic E-state index is 12.7. The van der Waals surface area contributed by atoms with Crippen LogP contribution in [0.3, 0.4) is 0 Å². The van der Waals surface area contributed by atoms with Gasteiger partial charge in [0.2, 0.25) is 0 Å². The summed E-state index contributed by atoms with van der Waals surface area (Å²) < 4.78 is 0. The third-order valence-corrected chi connectivity index (χ3v) is 4.47. The zero-order valence-electron chi connectivity index (χ0n) is 12.9. The Morgan fingerprint density at radius 3 is 2.67 bits per heavy atom. The summed E-state index contributed by atoms with van der Waals surface area (Å²) in [5.41, 5.74) is 0.653. The molecule has 112 valence electrons. The number of nitrogens with one attached hydrogen (secondary N) is 1. The van der Waals surface area contributed by atoms with Crippen molar-refractivity contribution in [2.24, 2.45) is 0 Å². The Morgan fingerprint density at radius 1 is 1.38 bits per heavy atom. The zero-order chi connectivity index (χ0) is 15.4. The zero-order valence-corrected chi connectivity index (χ0v) is 13.7. The molecule has 4 nitrogen and oxygen atoms in total. The molecule has 0 bridgehead atoms. The molecule has 0 fully saturated rings. The average molecular weight is 303 g/mol. The Hall–Kier alpha value is -1.75. The van der Waals surface area contributed by atoms with Crippen LogP contribution in [0.1, 0.15) is 17.3 Å². The minimum absolute atomic E-state index is 0.0166. The van der Waals surface area contributed by atoms with E-state index in [1.165, 1.54) is 0 Å². The minimum Gasteiger partial charge on any atom is -0.373 e. The van der Waals surface area contributed by atoms with E-state index in [9.17, 15) is 4.79 Å². The third-order valence-electron chi connectivity index (χ3n) is 3.65. The summed E-state index contributed by atoms with van der Waals surface area (Å²) in [5.74, 6) is 1.73. The van der Waals surface area contributed by atoms with Crippen molar-refractivity contribution in [2.45, 2.75) is 13.0 Å². The number of anilines is 1. The second-order valence-corrected chi connectivity index (χ2v) is 5.95. The molecule has 1 unspecified atom stereocenters. The molecule has 0 spiro atoms. The summed E-state index contributed by atoms with van der Waals surface area (Å²) in [6.07, 6.45) is 3.71. The van der Waals surface area contributed by atoms with E-state index in [4.69, 9.17) is 0 Å². The molecule has 1 heterocycles. The van der Waals surface area contributed by atoms with Gasteiger partial charge in [-0.3, -0.25) is 4.79 Å². The van der Waals surface area contributed by atoms with Crippen LogP contribution in [0.15, 0.2) is 30.5 Å². The number of pyridine rings is 1. The standard InChI is InChI=1S/C16H21N3OS/c1-11(10-21-4)19(3)16(20)14-9-18-15(17-2)13-8-6-5-7-12(13)14/h5-9,11H,10H2,1-4H3,(H,17,18). The van der Waals surface area contributed by atoms with E-state index in [0.29, 0.717) is 5.56 Å². The highest BCUT2D eigenvalue weighted by atomic mass is 32.2. The normalized spacial score (nSPS) is 12.2. The Morgan fingerprint density at radius 2 is 2.05 bits per heavy atom. The minimum atomic E-state index is 0.0166. The fourth-order valence-corrected chi connectivity index (χ4v) is 3.01. The molecule has 21 heavy (non-hydrogen) atoms. The molecule has 0 aliphatic rings. The largest absolute Gasteiger partial charge is 0.373 e. The van der Waals surface area contributed by atoms with Gasteiger partial charge in [-0.2, -0.15) is 11.8 Å². The van der Waals surface area contributed by atoms with Crippen LogP contribution in [0.2, 0.25) is 0 Å². The summed E-state index contributed by atoms with van der Waals surface area (Å²) in [4.78, 5) is 18.9. The number of thioether (sulfide) groups is 1. The van der Waals surface area contributed by atoms with Crippen molar-refractivity contribution in [3.05, 3.63) is 36.0 Å². The highest BCUT2D eigenvalue weighted by molar-refractivity contribution is 7.98. The molecular formula is C16H21N3OS. The van der Waals surface area contributed by atoms with Crippen molar-refractivity contribution >= 4 is 34.3 Å². The maximum Gasteiger partial charge on any atom is 0.256 e. The number of hydrogen-bond donors (Lipinski definition) is 1. The van der Waals surface area contributed by atoms with Gasteiger partial charge in [-0.25, -0.2) is 4.98 Å². The van der Waals surface area contributed by atoms with Crippen LogP contribution in [0.5, 0.6) is 0 Å². The molecule has 1 aromatic heterocycles. The maximum absolute atomic E-state index is 12.7. The van der Waals surface area contributed by atoms with Crippen LogP contribution in [-0.4, -0.2) is 47.9 Å². The molecule has 2 rings (SSSR count). The van der Waals surface area contributed by atoms with Gasteiger partial charge in [0.15, 0.2) is 0 Å². The first-order valence-corrected chi connectivity index (χ1v) is 8.31. The Bertz CT molecular complexity index is 644. The quantitative estimate of drug-likeness (QED) is 0.922. The average Bonchev–Trinajstić information content (AvgIpc) is 2.52. The highest BCUT2D eigenvalue weighted by Gasteiger charge is 2.20. The van der Waals surface area contributed by atoms with E-state index >= 15 is 0 Å². The second kappa shape index (κ2) is 6.80. The smallest absolute Gasteiger partial charge is 0.256 e. The fraction of sp³-hybridized carbons (Fsp3) is 0.375. The number of fused-ring (bicyclic) bond motifs is 1. The molecule has 0 saturated carbocycles. The van der Waals surface area contributed by atoms with E-state index in [0.717, 1.165) is 22.3 Å². The summed E-state index contributed by atoms with van der Waals surface area (Å²) in [6.45, 7) is 2.06. The number of nitrogens with zero attached hydrogens (tertiary/aromatic N) is 2. The molecule has 5 heteroatoms. The Balaban J connectivity index is 2.45. The molecule has 1 N–H and O–H groups in total. The van der Waals surface area contributed by atoms with Gasteiger partial charge in [-0.1, -0.05) is 24.3 Å². The summed E-state index contributed by atoms with van der Waals surface area (Å²) in [5, 5.41) is 4.97. The monoisotopic (exact) mass is 303 g/mol. The van der Waals surface area contributed by atoms with Gasteiger partial charge in [0.25, 0.3) is 5.91 Å². The van der Waals surface area contributed by atoms with E-state index in [-0.39, 0.29) is 11.9 Å². The van der Waals surface area contributed by atoms with Crippen LogP contribution >= 0.6 is 11.8 Å². The van der Waals surface area contributed by atoms with Crippen molar-refractivity contribution in [3.8, 4) is 0 Å². The van der Waals surface area contributed by atoms with Gasteiger partial charge in [-0.05, 0) is 18.6 Å². The molecule has 1 amide bonds. The predicted octanol–water partition coefficient (Wildman–Crippen LogP) is 3.10. The van der Waals surface area contributed by atoms with Crippen LogP contribution < -0.4 is 5.32 Å². The lowest BCUT2D eigenvalue weighted by molar-refractivity contribution is 0.0759. The van der Waals surface area contributed by atoms with Crippen LogP contribution in [0.25, 0.3) is 10.8 Å². The van der Waals surface area contributed by atoms with Crippen LogP contribution in [-0.2, 0) is 0 Å². The Labute approximate surface area is 129 Å². The molecule has 0 radical (unpaired) electrons. The highest BCUT2D eigenvalue weighted by Crippen LogP contribution is 2.25. The SMILES string of the molecule is CNc1ncc(C(=O)N(C)C(C)CSC)c2ccccc12. The number of carbonyl (C=O) groups is 1. The molecule has 0 saturated heterocycles. The topological polar surface area (TPSA) is 45.2 Å². The number of hydrogen-bond acceptors (Lipinski definition) is 4. The number of carbonyl (C=O) groups excluding carboxylic acids is 1. The summed E-state index contributed by atoms with van der Waals surface area (Å²) in [7, 11) is 3.69. The first-order chi connectivity index (χ1) is 10.1. The van der Waals surface area contributed by atoms with E-state index in [2.05, 4.69) is 17.2 Å². The van der Waals surface area contributed by atoms with Crippen molar-refractivity contribution in [3.63, 3.8) is 0 Å². The van der Waals surface area contributed by atoms with Gasteiger partial charge in [0.05, 0.1) is 5.56 Å².